The summed E-state index contributed by atoms with van der Waals surface area (Å²) in [5, 5.41) is 9.12. The number of fused-ring (bicyclic) bond motifs is 8. The van der Waals surface area contributed by atoms with Crippen LogP contribution in [0.1, 0.15) is 11.1 Å². The average Bonchev–Trinajstić information content (AvgIpc) is 4.10. The maximum Gasteiger partial charge on any atom is 0.189 e. The van der Waals surface area contributed by atoms with Crippen molar-refractivity contribution < 1.29 is 8.83 Å². The van der Waals surface area contributed by atoms with Crippen LogP contribution in [0.15, 0.2) is 204 Å². The molecule has 6 heteroatoms. The summed E-state index contributed by atoms with van der Waals surface area (Å²) in [6.45, 7) is 7.96. The summed E-state index contributed by atoms with van der Waals surface area (Å²) in [7, 11) is 0. The molecule has 0 aliphatic heterocycles. The van der Waals surface area contributed by atoms with Crippen LogP contribution < -0.4 is 9.80 Å². The molecule has 4 aromatic heterocycles. The molecule has 0 aliphatic rings. The van der Waals surface area contributed by atoms with Crippen LogP contribution in [0.4, 0.5) is 34.1 Å². The molecule has 0 unspecified atom stereocenters. The third-order valence-corrected chi connectivity index (χ3v) is 14.1. The van der Waals surface area contributed by atoms with Crippen LogP contribution in [-0.2, 0) is 0 Å². The molecule has 0 amide bonds. The quantitative estimate of drug-likeness (QED) is 0.145. The van der Waals surface area contributed by atoms with E-state index in [1.54, 1.807) is 22.7 Å². The number of thiophene rings is 2. The maximum atomic E-state index is 6.56. The minimum atomic E-state index is 0.870. The summed E-state index contributed by atoms with van der Waals surface area (Å²) < 4.78 is 13.1. The predicted molar refractivity (Wildman–Crippen MR) is 267 cm³/mol. The molecule has 0 spiro atoms. The Labute approximate surface area is 365 Å². The van der Waals surface area contributed by atoms with Gasteiger partial charge < -0.3 is 18.6 Å². The van der Waals surface area contributed by atoms with E-state index in [0.717, 1.165) is 97.5 Å². The van der Waals surface area contributed by atoms with Gasteiger partial charge in [0.1, 0.15) is 11.2 Å². The highest BCUT2D eigenvalue weighted by molar-refractivity contribution is 7.28. The van der Waals surface area contributed by atoms with Gasteiger partial charge >= 0.3 is 0 Å². The zero-order chi connectivity index (χ0) is 41.3. The topological polar surface area (TPSA) is 32.8 Å². The van der Waals surface area contributed by atoms with Gasteiger partial charge in [-0.2, -0.15) is 0 Å². The van der Waals surface area contributed by atoms with E-state index in [1.807, 2.05) is 12.2 Å². The number of hydrogen-bond acceptors (Lipinski definition) is 6. The lowest BCUT2D eigenvalue weighted by molar-refractivity contribution is 0.677. The van der Waals surface area contributed by atoms with Gasteiger partial charge in [0.15, 0.2) is 9.79 Å². The van der Waals surface area contributed by atoms with E-state index in [9.17, 15) is 0 Å². The normalized spacial score (nSPS) is 11.7. The Kier molecular flexibility index (Phi) is 8.49. The smallest absolute Gasteiger partial charge is 0.189 e. The Morgan fingerprint density at radius 1 is 0.371 bits per heavy atom. The van der Waals surface area contributed by atoms with Crippen LogP contribution in [0.3, 0.4) is 0 Å². The molecule has 0 bridgehead atoms. The van der Waals surface area contributed by atoms with E-state index < -0.39 is 0 Å². The first-order valence-electron chi connectivity index (χ1n) is 20.5. The van der Waals surface area contributed by atoms with Crippen molar-refractivity contribution in [1.82, 2.24) is 0 Å². The zero-order valence-corrected chi connectivity index (χ0v) is 35.0. The Morgan fingerprint density at radius 2 is 0.774 bits per heavy atom. The molecule has 0 radical (unpaired) electrons. The van der Waals surface area contributed by atoms with Crippen molar-refractivity contribution in [3.63, 3.8) is 0 Å². The third kappa shape index (κ3) is 5.95. The van der Waals surface area contributed by atoms with Crippen molar-refractivity contribution in [2.75, 3.05) is 9.80 Å². The van der Waals surface area contributed by atoms with Crippen LogP contribution in [0, 0.1) is 0 Å². The van der Waals surface area contributed by atoms with E-state index in [-0.39, 0.29) is 0 Å². The van der Waals surface area contributed by atoms with Crippen molar-refractivity contribution in [2.45, 2.75) is 0 Å². The molecule has 0 saturated carbocycles. The highest BCUT2D eigenvalue weighted by atomic mass is 32.1. The molecule has 0 saturated heterocycles. The number of anilines is 6. The minimum absolute atomic E-state index is 0.870. The van der Waals surface area contributed by atoms with Gasteiger partial charge in [0, 0.05) is 64.8 Å². The van der Waals surface area contributed by atoms with Crippen molar-refractivity contribution in [3.05, 3.63) is 206 Å². The fourth-order valence-corrected chi connectivity index (χ4v) is 11.0. The van der Waals surface area contributed by atoms with Gasteiger partial charge in [0.05, 0.1) is 11.4 Å². The third-order valence-electron chi connectivity index (χ3n) is 11.9. The standard InChI is InChI=1S/C56H36N2O2S2/c1-3-35-19-23-39(24-20-35)57(49-17-9-13-37-11-5-7-15-43(37)49)41-27-29-51-45(31-41)47-33-53(61-55(47)59-51)54-34-48-46-32-42(28-30-52(46)60-56(48)62-54)58(40-25-21-36(4-2)22-26-40)50-18-10-14-38-12-6-8-16-44(38)50/h3-34H,1-2H2. The SMILES string of the molecule is C=Cc1ccc(N(c2ccc3oc4sc(-c5cc6c(oc7ccc(N(c8ccc(C=C)cc8)c8cccc9ccccc89)cc76)s5)cc4c3c2)c2cccc3ccccc23)cc1. The number of nitrogens with zero attached hydrogens (tertiary/aromatic N) is 2. The lowest BCUT2D eigenvalue weighted by atomic mass is 10.1. The summed E-state index contributed by atoms with van der Waals surface area (Å²) in [5.41, 5.74) is 10.4. The van der Waals surface area contributed by atoms with Crippen LogP contribution in [0.5, 0.6) is 0 Å². The Bertz CT molecular complexity index is 3440. The summed E-state index contributed by atoms with van der Waals surface area (Å²) in [5.74, 6) is 0. The van der Waals surface area contributed by atoms with Crippen molar-refractivity contribution in [1.29, 1.82) is 0 Å². The fourth-order valence-electron chi connectivity index (χ4n) is 8.81. The van der Waals surface area contributed by atoms with Gasteiger partial charge in [-0.05, 0) is 107 Å². The summed E-state index contributed by atoms with van der Waals surface area (Å²) >= 11 is 3.37. The van der Waals surface area contributed by atoms with E-state index in [2.05, 4.69) is 205 Å². The largest absolute Gasteiger partial charge is 0.445 e. The molecular formula is C56H36N2O2S2. The first-order valence-corrected chi connectivity index (χ1v) is 22.2. The number of benzene rings is 8. The van der Waals surface area contributed by atoms with E-state index in [4.69, 9.17) is 8.83 Å². The van der Waals surface area contributed by atoms with E-state index in [0.29, 0.717) is 0 Å². The minimum Gasteiger partial charge on any atom is -0.445 e. The highest BCUT2D eigenvalue weighted by Crippen LogP contribution is 2.48. The van der Waals surface area contributed by atoms with Gasteiger partial charge in [0.25, 0.3) is 0 Å². The summed E-state index contributed by atoms with van der Waals surface area (Å²) in [6.07, 6.45) is 3.76. The monoisotopic (exact) mass is 832 g/mol. The lowest BCUT2D eigenvalue weighted by Gasteiger charge is -2.27. The zero-order valence-electron chi connectivity index (χ0n) is 33.4. The molecular weight excluding hydrogens is 797 g/mol. The van der Waals surface area contributed by atoms with Gasteiger partial charge in [-0.1, -0.05) is 145 Å². The average molecular weight is 833 g/mol. The molecule has 0 atom stereocenters. The second kappa shape index (κ2) is 14.5. The molecule has 12 rings (SSSR count). The molecule has 0 N–H and O–H groups in total. The molecule has 294 valence electrons. The highest BCUT2D eigenvalue weighted by Gasteiger charge is 2.22. The van der Waals surface area contributed by atoms with Crippen LogP contribution >= 0.6 is 22.7 Å². The Hall–Kier alpha value is -7.64. The van der Waals surface area contributed by atoms with Crippen molar-refractivity contribution in [2.24, 2.45) is 0 Å². The molecule has 0 fully saturated rings. The first-order chi connectivity index (χ1) is 30.6. The summed E-state index contributed by atoms with van der Waals surface area (Å²) in [6, 6.07) is 64.8. The summed E-state index contributed by atoms with van der Waals surface area (Å²) in [4.78, 5) is 8.79. The first kappa shape index (κ1) is 36.2. The molecule has 8 aromatic carbocycles. The van der Waals surface area contributed by atoms with Gasteiger partial charge in [-0.15, -0.1) is 0 Å². The predicted octanol–water partition coefficient (Wildman–Crippen LogP) is 17.8. The molecule has 4 heterocycles. The van der Waals surface area contributed by atoms with Crippen LogP contribution in [-0.4, -0.2) is 0 Å². The van der Waals surface area contributed by atoms with Crippen LogP contribution in [0.25, 0.3) is 86.0 Å². The number of rotatable bonds is 9. The van der Waals surface area contributed by atoms with Gasteiger partial charge in [-0.3, -0.25) is 0 Å². The number of furan rings is 2. The maximum absolute atomic E-state index is 6.56. The van der Waals surface area contributed by atoms with E-state index >= 15 is 0 Å². The second-order valence-electron chi connectivity index (χ2n) is 15.4. The lowest BCUT2D eigenvalue weighted by Crippen LogP contribution is -2.10. The number of hydrogen-bond donors (Lipinski definition) is 0. The fraction of sp³-hybridized carbons (Fsp3) is 0. The molecule has 0 aliphatic carbocycles. The Balaban J connectivity index is 0.956. The second-order valence-corrected chi connectivity index (χ2v) is 17.5. The van der Waals surface area contributed by atoms with Crippen LogP contribution in [0.2, 0.25) is 0 Å². The molecule has 62 heavy (non-hydrogen) atoms. The van der Waals surface area contributed by atoms with E-state index in [1.165, 1.54) is 21.5 Å². The van der Waals surface area contributed by atoms with Gasteiger partial charge in [0.2, 0.25) is 0 Å². The molecule has 4 nitrogen and oxygen atoms in total. The Morgan fingerprint density at radius 3 is 1.21 bits per heavy atom. The van der Waals surface area contributed by atoms with Crippen molar-refractivity contribution >= 4 is 133 Å². The molecule has 12 aromatic rings. The van der Waals surface area contributed by atoms with Crippen molar-refractivity contribution in [3.8, 4) is 9.75 Å². The van der Waals surface area contributed by atoms with Gasteiger partial charge in [-0.25, -0.2) is 0 Å².